The zero-order valence-corrected chi connectivity index (χ0v) is 14.5. The van der Waals surface area contributed by atoms with Gasteiger partial charge >= 0.3 is 5.97 Å². The minimum absolute atomic E-state index is 0.185. The molecule has 1 aromatic carbocycles. The monoisotopic (exact) mass is 356 g/mol. The largest absolute Gasteiger partial charge is 0.481 e. The Balaban J connectivity index is 1.53. The standard InChI is InChI=1S/C19H20N2O3S/c22-17(15-8-4-5-9-16(15)19(23)24)20-11-10-14-12-25-18(21-14)13-6-2-1-3-7-13/h1-7,12,15-16H,8-11H2,(H,20,22)(H,23,24)/t15-,16-/m1/s1. The summed E-state index contributed by atoms with van der Waals surface area (Å²) in [5.74, 6) is -2.21. The smallest absolute Gasteiger partial charge is 0.307 e. The first kappa shape index (κ1) is 17.4. The number of amides is 1. The van der Waals surface area contributed by atoms with Crippen molar-refractivity contribution >= 4 is 23.2 Å². The van der Waals surface area contributed by atoms with Crippen LogP contribution in [0.15, 0.2) is 47.9 Å². The van der Waals surface area contributed by atoms with Gasteiger partial charge in [0.15, 0.2) is 0 Å². The van der Waals surface area contributed by atoms with Crippen molar-refractivity contribution < 1.29 is 14.7 Å². The number of rotatable bonds is 6. The molecule has 3 rings (SSSR count). The fraction of sp³-hybridized carbons (Fsp3) is 0.316. The quantitative estimate of drug-likeness (QED) is 0.780. The highest BCUT2D eigenvalue weighted by atomic mass is 32.1. The Morgan fingerprint density at radius 2 is 1.88 bits per heavy atom. The number of nitrogens with zero attached hydrogens (tertiary/aromatic N) is 1. The Labute approximate surface area is 150 Å². The van der Waals surface area contributed by atoms with Crippen LogP contribution in [0.2, 0.25) is 0 Å². The van der Waals surface area contributed by atoms with Crippen LogP contribution in [-0.4, -0.2) is 28.5 Å². The summed E-state index contributed by atoms with van der Waals surface area (Å²) in [5.41, 5.74) is 2.02. The lowest BCUT2D eigenvalue weighted by molar-refractivity contribution is -0.147. The third kappa shape index (κ3) is 4.33. The summed E-state index contributed by atoms with van der Waals surface area (Å²) in [5, 5.41) is 15.1. The highest BCUT2D eigenvalue weighted by molar-refractivity contribution is 7.13. The molecule has 2 aromatic rings. The lowest BCUT2D eigenvalue weighted by atomic mass is 9.82. The molecule has 5 nitrogen and oxygen atoms in total. The van der Waals surface area contributed by atoms with Crippen molar-refractivity contribution in [3.05, 3.63) is 53.6 Å². The summed E-state index contributed by atoms with van der Waals surface area (Å²) in [6.45, 7) is 0.462. The topological polar surface area (TPSA) is 79.3 Å². The van der Waals surface area contributed by atoms with E-state index in [0.717, 1.165) is 16.3 Å². The first-order chi connectivity index (χ1) is 12.1. The van der Waals surface area contributed by atoms with Crippen LogP contribution in [0.1, 0.15) is 18.5 Å². The molecule has 0 unspecified atom stereocenters. The number of hydrogen-bond donors (Lipinski definition) is 2. The van der Waals surface area contributed by atoms with Crippen LogP contribution in [0.4, 0.5) is 0 Å². The normalized spacial score (nSPS) is 19.5. The van der Waals surface area contributed by atoms with Crippen molar-refractivity contribution in [1.29, 1.82) is 0 Å². The van der Waals surface area contributed by atoms with Crippen molar-refractivity contribution in [2.24, 2.45) is 11.8 Å². The van der Waals surface area contributed by atoms with E-state index < -0.39 is 17.8 Å². The number of thiazole rings is 1. The van der Waals surface area contributed by atoms with Gasteiger partial charge in [0.1, 0.15) is 5.01 Å². The van der Waals surface area contributed by atoms with Gasteiger partial charge in [-0.1, -0.05) is 42.5 Å². The Hall–Kier alpha value is -2.47. The molecular formula is C19H20N2O3S. The molecule has 0 saturated heterocycles. The Morgan fingerprint density at radius 3 is 2.60 bits per heavy atom. The second kappa shape index (κ2) is 8.07. The Morgan fingerprint density at radius 1 is 1.16 bits per heavy atom. The number of carboxylic acids is 1. The molecule has 1 heterocycles. The van der Waals surface area contributed by atoms with Crippen LogP contribution in [-0.2, 0) is 16.0 Å². The summed E-state index contributed by atoms with van der Waals surface area (Å²) in [7, 11) is 0. The van der Waals surface area contributed by atoms with E-state index in [1.54, 1.807) is 11.3 Å². The third-order valence-electron chi connectivity index (χ3n) is 4.34. The number of carbonyl (C=O) groups excluding carboxylic acids is 1. The number of nitrogens with one attached hydrogen (secondary N) is 1. The van der Waals surface area contributed by atoms with E-state index >= 15 is 0 Å². The predicted octanol–water partition coefficient (Wildman–Crippen LogP) is 3.14. The van der Waals surface area contributed by atoms with Crippen molar-refractivity contribution in [1.82, 2.24) is 10.3 Å². The average molecular weight is 356 g/mol. The maximum absolute atomic E-state index is 12.3. The highest BCUT2D eigenvalue weighted by Crippen LogP contribution is 2.26. The lowest BCUT2D eigenvalue weighted by Gasteiger charge is -2.24. The fourth-order valence-corrected chi connectivity index (χ4v) is 3.82. The SMILES string of the molecule is O=C(O)[C@@H]1CC=CC[C@H]1C(=O)NCCc1csc(-c2ccccc2)n1. The highest BCUT2D eigenvalue weighted by Gasteiger charge is 2.33. The summed E-state index contributed by atoms with van der Waals surface area (Å²) in [4.78, 5) is 28.2. The van der Waals surface area contributed by atoms with Crippen LogP contribution < -0.4 is 5.32 Å². The van der Waals surface area contributed by atoms with Gasteiger partial charge in [0, 0.05) is 23.9 Å². The zero-order chi connectivity index (χ0) is 17.6. The molecule has 0 spiro atoms. The van der Waals surface area contributed by atoms with Crippen molar-refractivity contribution in [2.45, 2.75) is 19.3 Å². The van der Waals surface area contributed by atoms with E-state index in [0.29, 0.717) is 25.8 Å². The minimum atomic E-state index is -0.906. The van der Waals surface area contributed by atoms with E-state index in [1.807, 2.05) is 47.9 Å². The minimum Gasteiger partial charge on any atom is -0.481 e. The molecule has 0 aliphatic heterocycles. The molecule has 1 aliphatic rings. The summed E-state index contributed by atoms with van der Waals surface area (Å²) < 4.78 is 0. The van der Waals surface area contributed by atoms with Gasteiger partial charge in [-0.3, -0.25) is 9.59 Å². The van der Waals surface area contributed by atoms with Crippen LogP contribution in [0.25, 0.3) is 10.6 Å². The summed E-state index contributed by atoms with van der Waals surface area (Å²) >= 11 is 1.58. The molecule has 6 heteroatoms. The van der Waals surface area contributed by atoms with Gasteiger partial charge in [0.2, 0.25) is 5.91 Å². The number of carboxylic acid groups (broad SMARTS) is 1. The molecule has 130 valence electrons. The fourth-order valence-electron chi connectivity index (χ4n) is 2.96. The number of aromatic nitrogens is 1. The first-order valence-electron chi connectivity index (χ1n) is 8.30. The molecule has 0 radical (unpaired) electrons. The van der Waals surface area contributed by atoms with Crippen molar-refractivity contribution in [2.75, 3.05) is 6.54 Å². The van der Waals surface area contributed by atoms with E-state index in [-0.39, 0.29) is 5.91 Å². The van der Waals surface area contributed by atoms with Gasteiger partial charge in [0.05, 0.1) is 17.5 Å². The van der Waals surface area contributed by atoms with Gasteiger partial charge in [-0.25, -0.2) is 4.98 Å². The lowest BCUT2D eigenvalue weighted by Crippen LogP contribution is -2.39. The maximum Gasteiger partial charge on any atom is 0.307 e. The van der Waals surface area contributed by atoms with Crippen molar-refractivity contribution in [3.63, 3.8) is 0 Å². The van der Waals surface area contributed by atoms with Crippen LogP contribution >= 0.6 is 11.3 Å². The third-order valence-corrected chi connectivity index (χ3v) is 5.28. The number of benzene rings is 1. The summed E-state index contributed by atoms with van der Waals surface area (Å²) in [6.07, 6.45) is 5.26. The van der Waals surface area contributed by atoms with Gasteiger partial charge in [0.25, 0.3) is 0 Å². The van der Waals surface area contributed by atoms with Gasteiger partial charge in [-0.15, -0.1) is 11.3 Å². The van der Waals surface area contributed by atoms with E-state index in [2.05, 4.69) is 10.3 Å². The molecule has 0 fully saturated rings. The van der Waals surface area contributed by atoms with E-state index in [9.17, 15) is 14.7 Å². The second-order valence-electron chi connectivity index (χ2n) is 6.05. The number of allylic oxidation sites excluding steroid dienone is 2. The molecule has 0 saturated carbocycles. The molecule has 1 amide bonds. The average Bonchev–Trinajstić information content (AvgIpc) is 3.11. The number of carbonyl (C=O) groups is 2. The Kier molecular flexibility index (Phi) is 5.60. The summed E-state index contributed by atoms with van der Waals surface area (Å²) in [6, 6.07) is 9.97. The molecular weight excluding hydrogens is 336 g/mol. The van der Waals surface area contributed by atoms with Gasteiger partial charge in [-0.2, -0.15) is 0 Å². The Bertz CT molecular complexity index is 770. The number of aliphatic carboxylic acids is 1. The molecule has 2 atom stereocenters. The molecule has 0 bridgehead atoms. The van der Waals surface area contributed by atoms with Crippen LogP contribution in [0.5, 0.6) is 0 Å². The van der Waals surface area contributed by atoms with Crippen LogP contribution in [0.3, 0.4) is 0 Å². The predicted molar refractivity (Wildman–Crippen MR) is 97.3 cm³/mol. The van der Waals surface area contributed by atoms with Crippen LogP contribution in [0, 0.1) is 11.8 Å². The van der Waals surface area contributed by atoms with E-state index in [4.69, 9.17) is 0 Å². The van der Waals surface area contributed by atoms with Gasteiger partial charge < -0.3 is 10.4 Å². The second-order valence-corrected chi connectivity index (χ2v) is 6.90. The molecule has 1 aromatic heterocycles. The molecule has 1 aliphatic carbocycles. The first-order valence-corrected chi connectivity index (χ1v) is 9.18. The van der Waals surface area contributed by atoms with E-state index in [1.165, 1.54) is 0 Å². The van der Waals surface area contributed by atoms with Gasteiger partial charge in [-0.05, 0) is 12.8 Å². The number of hydrogen-bond acceptors (Lipinski definition) is 4. The zero-order valence-electron chi connectivity index (χ0n) is 13.7. The maximum atomic E-state index is 12.3. The molecule has 2 N–H and O–H groups in total. The molecule has 25 heavy (non-hydrogen) atoms. The van der Waals surface area contributed by atoms with Crippen molar-refractivity contribution in [3.8, 4) is 10.6 Å².